The molecule has 1 fully saturated rings. The van der Waals surface area contributed by atoms with Gasteiger partial charge >= 0.3 is 0 Å². The Labute approximate surface area is 154 Å². The van der Waals surface area contributed by atoms with Crippen LogP contribution >= 0.6 is 0 Å². The van der Waals surface area contributed by atoms with Crippen LogP contribution in [0.2, 0.25) is 0 Å². The molecule has 1 saturated carbocycles. The fraction of sp³-hybridized carbons (Fsp3) is 0.500. The lowest BCUT2D eigenvalue weighted by Crippen LogP contribution is -2.75. The molecule has 1 aromatic carbocycles. The van der Waals surface area contributed by atoms with E-state index in [4.69, 9.17) is 10.5 Å². The molecule has 1 heterocycles. The van der Waals surface area contributed by atoms with E-state index in [9.17, 15) is 4.79 Å². The maximum Gasteiger partial charge on any atom is 0.243 e. The summed E-state index contributed by atoms with van der Waals surface area (Å²) in [5, 5.41) is 4.39. The first-order valence-electron chi connectivity index (χ1n) is 9.04. The molecule has 0 bridgehead atoms. The van der Waals surface area contributed by atoms with Crippen LogP contribution in [0.3, 0.4) is 0 Å². The Morgan fingerprint density at radius 2 is 2.08 bits per heavy atom. The zero-order chi connectivity index (χ0) is 18.9. The van der Waals surface area contributed by atoms with Crippen molar-refractivity contribution in [2.45, 2.75) is 45.4 Å². The number of aromatic nitrogens is 2. The molecule has 0 radical (unpaired) electrons. The largest absolute Gasteiger partial charge is 0.378 e. The number of hydrogen-bond acceptors (Lipinski definition) is 4. The maximum atomic E-state index is 13.0. The molecule has 1 aliphatic carbocycles. The van der Waals surface area contributed by atoms with Crippen molar-refractivity contribution in [1.82, 2.24) is 14.7 Å². The van der Waals surface area contributed by atoms with Gasteiger partial charge in [0, 0.05) is 43.8 Å². The number of para-hydroxylation sites is 1. The number of carbonyl (C=O) groups is 1. The van der Waals surface area contributed by atoms with Gasteiger partial charge in [0.1, 0.15) is 5.54 Å². The summed E-state index contributed by atoms with van der Waals surface area (Å²) in [7, 11) is 1.79. The van der Waals surface area contributed by atoms with Gasteiger partial charge in [0.2, 0.25) is 5.91 Å². The molecule has 1 aromatic heterocycles. The minimum absolute atomic E-state index is 0.0238. The summed E-state index contributed by atoms with van der Waals surface area (Å²) in [4.78, 5) is 14.7. The van der Waals surface area contributed by atoms with Crippen LogP contribution in [-0.2, 0) is 16.1 Å². The lowest BCUT2D eigenvalue weighted by atomic mass is 9.54. The van der Waals surface area contributed by atoms with Crippen molar-refractivity contribution in [1.29, 1.82) is 0 Å². The monoisotopic (exact) mass is 356 g/mol. The van der Waals surface area contributed by atoms with Crippen molar-refractivity contribution in [3.63, 3.8) is 0 Å². The van der Waals surface area contributed by atoms with Crippen molar-refractivity contribution in [2.75, 3.05) is 13.7 Å². The molecule has 2 unspecified atom stereocenters. The Balaban J connectivity index is 1.68. The lowest BCUT2D eigenvalue weighted by Gasteiger charge is -2.58. The Morgan fingerprint density at radius 1 is 1.38 bits per heavy atom. The third-order valence-corrected chi connectivity index (χ3v) is 5.63. The number of nitrogens with zero attached hydrogens (tertiary/aromatic N) is 3. The summed E-state index contributed by atoms with van der Waals surface area (Å²) in [5.41, 5.74) is 7.18. The number of ether oxygens (including phenoxy) is 1. The van der Waals surface area contributed by atoms with E-state index >= 15 is 0 Å². The van der Waals surface area contributed by atoms with Crippen LogP contribution in [0.5, 0.6) is 0 Å². The van der Waals surface area contributed by atoms with Gasteiger partial charge in [-0.1, -0.05) is 32.0 Å². The fourth-order valence-corrected chi connectivity index (χ4v) is 3.65. The fourth-order valence-electron chi connectivity index (χ4n) is 3.65. The molecule has 0 saturated heterocycles. The molecule has 6 nitrogen and oxygen atoms in total. The van der Waals surface area contributed by atoms with Gasteiger partial charge in [-0.05, 0) is 19.1 Å². The van der Waals surface area contributed by atoms with Gasteiger partial charge in [-0.2, -0.15) is 5.10 Å². The van der Waals surface area contributed by atoms with E-state index in [1.165, 1.54) is 0 Å². The molecular formula is C20H28N4O2. The van der Waals surface area contributed by atoms with E-state index in [0.29, 0.717) is 19.6 Å². The highest BCUT2D eigenvalue weighted by molar-refractivity contribution is 5.88. The Bertz CT molecular complexity index is 771. The SMILES string of the molecule is CCOC1CC(N)(C(=O)N(C)Cc2cnn(-c3ccccc3)c2)C1(C)C. The number of rotatable bonds is 6. The van der Waals surface area contributed by atoms with Crippen LogP contribution in [-0.4, -0.2) is 45.9 Å². The number of amides is 1. The smallest absolute Gasteiger partial charge is 0.243 e. The lowest BCUT2D eigenvalue weighted by molar-refractivity contribution is -0.178. The van der Waals surface area contributed by atoms with Crippen LogP contribution in [0.4, 0.5) is 0 Å². The molecule has 140 valence electrons. The topological polar surface area (TPSA) is 73.4 Å². The molecule has 6 heteroatoms. The highest BCUT2D eigenvalue weighted by atomic mass is 16.5. The number of likely N-dealkylation sites (N-methyl/N-ethyl adjacent to an activating group) is 1. The van der Waals surface area contributed by atoms with E-state index in [1.807, 2.05) is 62.0 Å². The van der Waals surface area contributed by atoms with Crippen LogP contribution in [0.15, 0.2) is 42.7 Å². The first-order valence-corrected chi connectivity index (χ1v) is 9.04. The summed E-state index contributed by atoms with van der Waals surface area (Å²) in [6, 6.07) is 9.89. The van der Waals surface area contributed by atoms with Crippen molar-refractivity contribution in [2.24, 2.45) is 11.1 Å². The third kappa shape index (κ3) is 3.04. The highest BCUT2D eigenvalue weighted by Crippen LogP contribution is 2.50. The summed E-state index contributed by atoms with van der Waals surface area (Å²) in [6.07, 6.45) is 4.31. The Morgan fingerprint density at radius 3 is 2.69 bits per heavy atom. The second-order valence-electron chi connectivity index (χ2n) is 7.63. The standard InChI is InChI=1S/C20H28N4O2/c1-5-26-17-11-20(21,19(17,2)3)18(25)23(4)13-15-12-22-24(14-15)16-9-7-6-8-10-16/h6-10,12,14,17H,5,11,13,21H2,1-4H3. The predicted molar refractivity (Wildman–Crippen MR) is 101 cm³/mol. The summed E-state index contributed by atoms with van der Waals surface area (Å²) in [6.45, 7) is 7.09. The Kier molecular flexibility index (Phi) is 4.90. The highest BCUT2D eigenvalue weighted by Gasteiger charge is 2.63. The van der Waals surface area contributed by atoms with Crippen molar-refractivity contribution in [3.05, 3.63) is 48.3 Å². The molecule has 2 N–H and O–H groups in total. The number of hydrogen-bond donors (Lipinski definition) is 1. The van der Waals surface area contributed by atoms with Crippen molar-refractivity contribution < 1.29 is 9.53 Å². The van der Waals surface area contributed by atoms with Gasteiger partial charge in [-0.15, -0.1) is 0 Å². The van der Waals surface area contributed by atoms with Gasteiger partial charge in [0.15, 0.2) is 0 Å². The maximum absolute atomic E-state index is 13.0. The van der Waals surface area contributed by atoms with Gasteiger partial charge in [0.05, 0.1) is 18.0 Å². The molecular weight excluding hydrogens is 328 g/mol. The molecule has 26 heavy (non-hydrogen) atoms. The number of carbonyl (C=O) groups excluding carboxylic acids is 1. The number of nitrogens with two attached hydrogens (primary N) is 1. The average molecular weight is 356 g/mol. The first kappa shape index (κ1) is 18.6. The quantitative estimate of drug-likeness (QED) is 0.862. The second-order valence-corrected chi connectivity index (χ2v) is 7.63. The average Bonchev–Trinajstić information content (AvgIpc) is 3.10. The normalized spacial score (nSPS) is 24.1. The minimum atomic E-state index is -0.892. The van der Waals surface area contributed by atoms with Crippen LogP contribution in [0, 0.1) is 5.41 Å². The molecule has 2 aromatic rings. The van der Waals surface area contributed by atoms with E-state index < -0.39 is 5.54 Å². The van der Waals surface area contributed by atoms with Crippen LogP contribution in [0.1, 0.15) is 32.8 Å². The van der Waals surface area contributed by atoms with E-state index in [-0.39, 0.29) is 17.4 Å². The number of benzene rings is 1. The summed E-state index contributed by atoms with van der Waals surface area (Å²) >= 11 is 0. The summed E-state index contributed by atoms with van der Waals surface area (Å²) in [5.74, 6) is -0.0501. The van der Waals surface area contributed by atoms with Crippen LogP contribution < -0.4 is 5.73 Å². The third-order valence-electron chi connectivity index (χ3n) is 5.63. The summed E-state index contributed by atoms with van der Waals surface area (Å²) < 4.78 is 7.53. The van der Waals surface area contributed by atoms with E-state index in [0.717, 1.165) is 11.3 Å². The molecule has 1 aliphatic rings. The zero-order valence-corrected chi connectivity index (χ0v) is 16.0. The Hall–Kier alpha value is -2.18. The van der Waals surface area contributed by atoms with E-state index in [1.54, 1.807) is 18.1 Å². The zero-order valence-electron chi connectivity index (χ0n) is 16.0. The molecule has 3 rings (SSSR count). The second kappa shape index (κ2) is 6.85. The van der Waals surface area contributed by atoms with Crippen LogP contribution in [0.25, 0.3) is 5.69 Å². The molecule has 2 atom stereocenters. The predicted octanol–water partition coefficient (Wildman–Crippen LogP) is 2.36. The molecule has 0 aliphatic heterocycles. The molecule has 0 spiro atoms. The van der Waals surface area contributed by atoms with Gasteiger partial charge in [0.25, 0.3) is 0 Å². The van der Waals surface area contributed by atoms with Crippen molar-refractivity contribution in [3.8, 4) is 5.69 Å². The van der Waals surface area contributed by atoms with Crippen molar-refractivity contribution >= 4 is 5.91 Å². The van der Waals surface area contributed by atoms with Gasteiger partial charge < -0.3 is 15.4 Å². The first-order chi connectivity index (χ1) is 12.3. The van der Waals surface area contributed by atoms with Gasteiger partial charge in [-0.3, -0.25) is 4.79 Å². The minimum Gasteiger partial charge on any atom is -0.378 e. The molecule has 1 amide bonds. The van der Waals surface area contributed by atoms with Gasteiger partial charge in [-0.25, -0.2) is 4.68 Å². The van der Waals surface area contributed by atoms with E-state index in [2.05, 4.69) is 5.10 Å².